The number of nitrogens with zero attached hydrogens (tertiary/aromatic N) is 3. The fraction of sp³-hybridized carbons (Fsp3) is 0.500. The summed E-state index contributed by atoms with van der Waals surface area (Å²) in [6.07, 6.45) is 7.64. The molecule has 0 aromatic heterocycles. The lowest BCUT2D eigenvalue weighted by molar-refractivity contribution is -0.104. The topological polar surface area (TPSA) is 73.4 Å². The summed E-state index contributed by atoms with van der Waals surface area (Å²) in [5, 5.41) is 10.1. The zero-order valence-corrected chi connectivity index (χ0v) is 17.7. The molecule has 1 aliphatic carbocycles. The van der Waals surface area contributed by atoms with Crippen LogP contribution in [0.4, 0.5) is 15.8 Å². The molecule has 2 fully saturated rings. The fourth-order valence-electron chi connectivity index (χ4n) is 4.85. The second-order valence-corrected chi connectivity index (χ2v) is 9.13. The molecule has 2 atom stereocenters. The molecule has 30 heavy (non-hydrogen) atoms. The number of fused-ring (bicyclic) bond motifs is 1. The Balaban J connectivity index is 1.81. The van der Waals surface area contributed by atoms with Gasteiger partial charge in [-0.05, 0) is 43.7 Å². The van der Waals surface area contributed by atoms with E-state index in [1.54, 1.807) is 6.20 Å². The van der Waals surface area contributed by atoms with Gasteiger partial charge in [-0.15, -0.1) is 0 Å². The Bertz CT molecular complexity index is 970. The fourth-order valence-corrected chi connectivity index (χ4v) is 4.85. The van der Waals surface area contributed by atoms with Crippen LogP contribution in [0.2, 0.25) is 0 Å². The zero-order chi connectivity index (χ0) is 21.6. The highest BCUT2D eigenvalue weighted by atomic mass is 19.1. The van der Waals surface area contributed by atoms with Crippen LogP contribution in [0.1, 0.15) is 57.1 Å². The third-order valence-corrected chi connectivity index (χ3v) is 6.74. The zero-order valence-electron chi connectivity index (χ0n) is 17.7. The van der Waals surface area contributed by atoms with Crippen LogP contribution >= 0.6 is 0 Å². The molecule has 3 aliphatic rings. The summed E-state index contributed by atoms with van der Waals surface area (Å²) >= 11 is 0. The van der Waals surface area contributed by atoms with Crippen molar-refractivity contribution in [1.82, 2.24) is 0 Å². The number of aldehydes is 1. The molecule has 6 heteroatoms. The van der Waals surface area contributed by atoms with Gasteiger partial charge in [0, 0.05) is 42.0 Å². The minimum atomic E-state index is -0.457. The number of anilines is 2. The third-order valence-electron chi connectivity index (χ3n) is 6.74. The van der Waals surface area contributed by atoms with Gasteiger partial charge in [-0.25, -0.2) is 4.39 Å². The van der Waals surface area contributed by atoms with Crippen LogP contribution in [-0.4, -0.2) is 31.0 Å². The van der Waals surface area contributed by atoms with Gasteiger partial charge in [0.1, 0.15) is 17.4 Å². The normalized spacial score (nSPS) is 25.8. The molecule has 2 unspecified atom stereocenters. The number of nitriles is 1. The van der Waals surface area contributed by atoms with Gasteiger partial charge in [-0.2, -0.15) is 5.26 Å². The maximum atomic E-state index is 15.5. The van der Waals surface area contributed by atoms with Crippen molar-refractivity contribution >= 4 is 23.2 Å². The van der Waals surface area contributed by atoms with Crippen molar-refractivity contribution in [2.75, 3.05) is 22.9 Å². The molecule has 0 spiro atoms. The van der Waals surface area contributed by atoms with Gasteiger partial charge >= 0.3 is 0 Å². The first kappa shape index (κ1) is 20.6. The first-order valence-electron chi connectivity index (χ1n) is 10.8. The number of halogens is 1. The molecule has 1 aromatic rings. The molecule has 2 N–H and O–H groups in total. The summed E-state index contributed by atoms with van der Waals surface area (Å²) < 4.78 is 15.5. The van der Waals surface area contributed by atoms with E-state index in [2.05, 4.69) is 19.6 Å². The highest BCUT2D eigenvalue weighted by Crippen LogP contribution is 2.48. The molecule has 2 heterocycles. The Morgan fingerprint density at radius 1 is 1.43 bits per heavy atom. The molecule has 0 radical (unpaired) electrons. The van der Waals surface area contributed by atoms with E-state index in [0.29, 0.717) is 46.7 Å². The van der Waals surface area contributed by atoms with E-state index in [4.69, 9.17) is 5.73 Å². The van der Waals surface area contributed by atoms with Crippen LogP contribution in [0.25, 0.3) is 5.57 Å². The van der Waals surface area contributed by atoms with E-state index in [0.717, 1.165) is 38.4 Å². The Hall–Kier alpha value is -2.65. The number of rotatable bonds is 6. The van der Waals surface area contributed by atoms with E-state index in [1.165, 1.54) is 6.07 Å². The first-order valence-corrected chi connectivity index (χ1v) is 10.8. The molecule has 158 valence electrons. The standard InChI is InChI=1S/C24H29FN4O/c1-4-5-6-17-12-28(14-24(17,3)27)23-20(10-26)22-19(9-21(23)25)15(2)16(13-30)11-29(22)18-7-8-18/h9,11,13,17-18H,2,4-8,12,14,27H2,1,3H3. The quantitative estimate of drug-likeness (QED) is 0.717. The summed E-state index contributed by atoms with van der Waals surface area (Å²) in [5.74, 6) is -0.211. The molecule has 2 aliphatic heterocycles. The maximum Gasteiger partial charge on any atom is 0.152 e. The van der Waals surface area contributed by atoms with Crippen molar-refractivity contribution in [1.29, 1.82) is 5.26 Å². The lowest BCUT2D eigenvalue weighted by Gasteiger charge is -2.33. The average molecular weight is 409 g/mol. The van der Waals surface area contributed by atoms with Gasteiger partial charge in [0.05, 0.1) is 11.4 Å². The van der Waals surface area contributed by atoms with Gasteiger partial charge in [0.25, 0.3) is 0 Å². The van der Waals surface area contributed by atoms with Crippen LogP contribution < -0.4 is 15.5 Å². The summed E-state index contributed by atoms with van der Waals surface area (Å²) in [7, 11) is 0. The Morgan fingerprint density at radius 2 is 2.17 bits per heavy atom. The molecule has 0 amide bonds. The average Bonchev–Trinajstić information content (AvgIpc) is 3.50. The number of allylic oxidation sites excluding steroid dienone is 2. The van der Waals surface area contributed by atoms with Crippen LogP contribution in [0.15, 0.2) is 24.4 Å². The summed E-state index contributed by atoms with van der Waals surface area (Å²) in [6, 6.07) is 3.94. The first-order chi connectivity index (χ1) is 14.3. The van der Waals surface area contributed by atoms with Gasteiger partial charge in [-0.1, -0.05) is 26.3 Å². The maximum absolute atomic E-state index is 15.5. The highest BCUT2D eigenvalue weighted by molar-refractivity contribution is 6.05. The van der Waals surface area contributed by atoms with E-state index in [1.807, 2.05) is 16.7 Å². The third kappa shape index (κ3) is 3.31. The van der Waals surface area contributed by atoms with E-state index >= 15 is 4.39 Å². The van der Waals surface area contributed by atoms with Crippen LogP contribution in [0.3, 0.4) is 0 Å². The number of carbonyl (C=O) groups is 1. The predicted molar refractivity (Wildman–Crippen MR) is 118 cm³/mol. The molecule has 0 bridgehead atoms. The molecule has 4 rings (SSSR count). The van der Waals surface area contributed by atoms with E-state index in [9.17, 15) is 10.1 Å². The Morgan fingerprint density at radius 3 is 2.77 bits per heavy atom. The van der Waals surface area contributed by atoms with Crippen molar-refractivity contribution in [3.8, 4) is 6.07 Å². The number of nitrogens with two attached hydrogens (primary N) is 1. The second kappa shape index (κ2) is 7.55. The lowest BCUT2D eigenvalue weighted by Crippen LogP contribution is -2.44. The van der Waals surface area contributed by atoms with Gasteiger partial charge in [0.15, 0.2) is 6.29 Å². The number of unbranched alkanes of at least 4 members (excludes halogenated alkanes) is 1. The largest absolute Gasteiger partial charge is 0.366 e. The van der Waals surface area contributed by atoms with Crippen LogP contribution in [0, 0.1) is 23.1 Å². The predicted octanol–water partition coefficient (Wildman–Crippen LogP) is 4.12. The molecule has 1 saturated heterocycles. The monoisotopic (exact) mass is 408 g/mol. The molecule has 5 nitrogen and oxygen atoms in total. The van der Waals surface area contributed by atoms with Gasteiger partial charge in [0.2, 0.25) is 0 Å². The summed E-state index contributed by atoms with van der Waals surface area (Å²) in [4.78, 5) is 15.5. The SMILES string of the molecule is C=C1C(C=O)=CN(C2CC2)c2c1cc(F)c(N1CC(CCCC)C(C)(N)C1)c2C#N. The van der Waals surface area contributed by atoms with Gasteiger partial charge in [-0.3, -0.25) is 4.79 Å². The van der Waals surface area contributed by atoms with Crippen LogP contribution in [-0.2, 0) is 4.79 Å². The number of hydrogen-bond acceptors (Lipinski definition) is 5. The number of benzene rings is 1. The van der Waals surface area contributed by atoms with Crippen molar-refractivity contribution in [2.45, 2.75) is 57.5 Å². The molecular weight excluding hydrogens is 379 g/mol. The van der Waals surface area contributed by atoms with Crippen molar-refractivity contribution < 1.29 is 9.18 Å². The Labute approximate surface area is 177 Å². The Kier molecular flexibility index (Phi) is 5.19. The van der Waals surface area contributed by atoms with E-state index < -0.39 is 11.4 Å². The molecular formula is C24H29FN4O. The number of carbonyl (C=O) groups excluding carboxylic acids is 1. The van der Waals surface area contributed by atoms with E-state index in [-0.39, 0.29) is 12.0 Å². The highest BCUT2D eigenvalue weighted by Gasteiger charge is 2.43. The second-order valence-electron chi connectivity index (χ2n) is 9.13. The lowest BCUT2D eigenvalue weighted by atomic mass is 9.86. The minimum Gasteiger partial charge on any atom is -0.366 e. The van der Waals surface area contributed by atoms with Crippen molar-refractivity contribution in [3.63, 3.8) is 0 Å². The molecule has 1 saturated carbocycles. The smallest absolute Gasteiger partial charge is 0.152 e. The summed E-state index contributed by atoms with van der Waals surface area (Å²) in [5.41, 5.74) is 8.89. The van der Waals surface area contributed by atoms with Crippen LogP contribution in [0.5, 0.6) is 0 Å². The summed E-state index contributed by atoms with van der Waals surface area (Å²) in [6.45, 7) is 9.31. The molecule has 1 aromatic carbocycles. The number of hydrogen-bond donors (Lipinski definition) is 1. The minimum absolute atomic E-state index is 0.230. The van der Waals surface area contributed by atoms with Gasteiger partial charge < -0.3 is 15.5 Å². The van der Waals surface area contributed by atoms with Crippen molar-refractivity contribution in [2.24, 2.45) is 11.7 Å². The van der Waals surface area contributed by atoms with Crippen molar-refractivity contribution in [3.05, 3.63) is 41.4 Å².